The Morgan fingerprint density at radius 3 is 2.64 bits per heavy atom. The number of hydrogen-bond donors (Lipinski definition) is 1. The SMILES string of the molecule is C=CCC(N)(CC)C(=O)OC. The third kappa shape index (κ3) is 2.35. The fourth-order valence-electron chi connectivity index (χ4n) is 0.833. The van der Waals surface area contributed by atoms with E-state index in [0.29, 0.717) is 12.8 Å². The number of ether oxygens (including phenoxy) is 1. The van der Waals surface area contributed by atoms with Gasteiger partial charge in [-0.05, 0) is 12.8 Å². The molecule has 0 spiro atoms. The highest BCUT2D eigenvalue weighted by Crippen LogP contribution is 2.13. The molecule has 0 aliphatic carbocycles. The molecule has 0 amide bonds. The summed E-state index contributed by atoms with van der Waals surface area (Å²) < 4.78 is 4.55. The molecule has 64 valence electrons. The molecular weight excluding hydrogens is 142 g/mol. The maximum atomic E-state index is 11.1. The van der Waals surface area contributed by atoms with Gasteiger partial charge in [-0.1, -0.05) is 13.0 Å². The number of carbonyl (C=O) groups is 1. The van der Waals surface area contributed by atoms with Crippen LogP contribution in [0.4, 0.5) is 0 Å². The molecule has 3 heteroatoms. The molecule has 0 radical (unpaired) electrons. The Bertz CT molecular complexity index is 156. The normalized spacial score (nSPS) is 15.2. The van der Waals surface area contributed by atoms with Crippen molar-refractivity contribution in [3.8, 4) is 0 Å². The van der Waals surface area contributed by atoms with Crippen molar-refractivity contribution in [1.82, 2.24) is 0 Å². The highest BCUT2D eigenvalue weighted by molar-refractivity contribution is 5.80. The average molecular weight is 157 g/mol. The van der Waals surface area contributed by atoms with E-state index in [-0.39, 0.29) is 5.97 Å². The second-order valence-electron chi connectivity index (χ2n) is 2.49. The molecule has 0 rings (SSSR count). The monoisotopic (exact) mass is 157 g/mol. The van der Waals surface area contributed by atoms with E-state index < -0.39 is 5.54 Å². The van der Waals surface area contributed by atoms with Crippen LogP contribution in [0.3, 0.4) is 0 Å². The van der Waals surface area contributed by atoms with E-state index in [2.05, 4.69) is 11.3 Å². The van der Waals surface area contributed by atoms with E-state index in [4.69, 9.17) is 5.73 Å². The van der Waals surface area contributed by atoms with E-state index in [9.17, 15) is 4.79 Å². The lowest BCUT2D eigenvalue weighted by Crippen LogP contribution is -2.47. The van der Waals surface area contributed by atoms with Crippen molar-refractivity contribution < 1.29 is 9.53 Å². The number of nitrogens with two attached hydrogens (primary N) is 1. The molecule has 0 aliphatic rings. The van der Waals surface area contributed by atoms with Crippen molar-refractivity contribution in [2.24, 2.45) is 5.73 Å². The Morgan fingerprint density at radius 1 is 1.82 bits per heavy atom. The van der Waals surface area contributed by atoms with Crippen molar-refractivity contribution in [2.75, 3.05) is 7.11 Å². The Balaban J connectivity index is 4.31. The molecule has 1 atom stereocenters. The first-order chi connectivity index (χ1) is 5.10. The molecule has 1 unspecified atom stereocenters. The summed E-state index contributed by atoms with van der Waals surface area (Å²) in [6.07, 6.45) is 2.64. The van der Waals surface area contributed by atoms with Gasteiger partial charge in [-0.2, -0.15) is 0 Å². The summed E-state index contributed by atoms with van der Waals surface area (Å²) in [7, 11) is 1.34. The molecule has 11 heavy (non-hydrogen) atoms. The maximum Gasteiger partial charge on any atom is 0.326 e. The molecule has 0 saturated heterocycles. The van der Waals surface area contributed by atoms with Gasteiger partial charge in [-0.25, -0.2) is 0 Å². The standard InChI is InChI=1S/C8H15NO2/c1-4-6-8(9,5-2)7(10)11-3/h4H,1,5-6,9H2,2-3H3. The van der Waals surface area contributed by atoms with Crippen LogP contribution in [0.5, 0.6) is 0 Å². The van der Waals surface area contributed by atoms with Crippen LogP contribution in [0.15, 0.2) is 12.7 Å². The lowest BCUT2D eigenvalue weighted by atomic mass is 9.94. The number of rotatable bonds is 4. The highest BCUT2D eigenvalue weighted by Gasteiger charge is 2.31. The Hall–Kier alpha value is -0.830. The van der Waals surface area contributed by atoms with Crippen LogP contribution in [-0.2, 0) is 9.53 Å². The molecule has 0 bridgehead atoms. The predicted octanol–water partition coefficient (Wildman–Crippen LogP) is 0.843. The van der Waals surface area contributed by atoms with Gasteiger partial charge in [0.1, 0.15) is 5.54 Å². The van der Waals surface area contributed by atoms with Crippen LogP contribution in [-0.4, -0.2) is 18.6 Å². The van der Waals surface area contributed by atoms with Crippen molar-refractivity contribution in [3.05, 3.63) is 12.7 Å². The fourth-order valence-corrected chi connectivity index (χ4v) is 0.833. The number of methoxy groups -OCH3 is 1. The molecule has 0 aromatic heterocycles. The lowest BCUT2D eigenvalue weighted by molar-refractivity contribution is -0.147. The number of carbonyl (C=O) groups excluding carboxylic acids is 1. The summed E-state index contributed by atoms with van der Waals surface area (Å²) in [4.78, 5) is 11.1. The summed E-state index contributed by atoms with van der Waals surface area (Å²) in [5, 5.41) is 0. The smallest absolute Gasteiger partial charge is 0.326 e. The van der Waals surface area contributed by atoms with Crippen LogP contribution in [0.25, 0.3) is 0 Å². The first-order valence-electron chi connectivity index (χ1n) is 3.59. The second-order valence-corrected chi connectivity index (χ2v) is 2.49. The predicted molar refractivity (Wildman–Crippen MR) is 44.0 cm³/mol. The van der Waals surface area contributed by atoms with Gasteiger partial charge in [-0.3, -0.25) is 4.79 Å². The van der Waals surface area contributed by atoms with E-state index in [1.165, 1.54) is 7.11 Å². The fraction of sp³-hybridized carbons (Fsp3) is 0.625. The van der Waals surface area contributed by atoms with Gasteiger partial charge in [-0.15, -0.1) is 6.58 Å². The third-order valence-electron chi connectivity index (χ3n) is 1.73. The van der Waals surface area contributed by atoms with Crippen molar-refractivity contribution in [2.45, 2.75) is 25.3 Å². The minimum atomic E-state index is -0.878. The van der Waals surface area contributed by atoms with E-state index in [1.54, 1.807) is 6.08 Å². The molecule has 0 aliphatic heterocycles. The van der Waals surface area contributed by atoms with Gasteiger partial charge in [0.15, 0.2) is 0 Å². The average Bonchev–Trinajstić information content (AvgIpc) is 2.03. The molecule has 0 fully saturated rings. The molecule has 0 aromatic carbocycles. The van der Waals surface area contributed by atoms with Crippen molar-refractivity contribution in [1.29, 1.82) is 0 Å². The summed E-state index contributed by atoms with van der Waals surface area (Å²) in [5.74, 6) is -0.375. The summed E-state index contributed by atoms with van der Waals surface area (Å²) >= 11 is 0. The Kier molecular flexibility index (Phi) is 3.82. The molecular formula is C8H15NO2. The second kappa shape index (κ2) is 4.13. The van der Waals surface area contributed by atoms with E-state index >= 15 is 0 Å². The largest absolute Gasteiger partial charge is 0.468 e. The van der Waals surface area contributed by atoms with Crippen LogP contribution < -0.4 is 5.73 Å². The summed E-state index contributed by atoms with van der Waals surface area (Å²) in [6.45, 7) is 5.37. The lowest BCUT2D eigenvalue weighted by Gasteiger charge is -2.22. The van der Waals surface area contributed by atoms with Crippen LogP contribution in [0.1, 0.15) is 19.8 Å². The topological polar surface area (TPSA) is 52.3 Å². The molecule has 2 N–H and O–H groups in total. The van der Waals surface area contributed by atoms with Gasteiger partial charge in [0.05, 0.1) is 7.11 Å². The van der Waals surface area contributed by atoms with E-state index in [0.717, 1.165) is 0 Å². The molecule has 0 saturated carbocycles. The van der Waals surface area contributed by atoms with Gasteiger partial charge in [0, 0.05) is 0 Å². The maximum absolute atomic E-state index is 11.1. The van der Waals surface area contributed by atoms with E-state index in [1.807, 2.05) is 6.92 Å². The van der Waals surface area contributed by atoms with Gasteiger partial charge in [0.25, 0.3) is 0 Å². The number of hydrogen-bond acceptors (Lipinski definition) is 3. The quantitative estimate of drug-likeness (QED) is 0.486. The number of esters is 1. The minimum Gasteiger partial charge on any atom is -0.468 e. The first-order valence-corrected chi connectivity index (χ1v) is 3.59. The van der Waals surface area contributed by atoms with Gasteiger partial charge < -0.3 is 10.5 Å². The van der Waals surface area contributed by atoms with Crippen LogP contribution in [0, 0.1) is 0 Å². The Labute approximate surface area is 67.2 Å². The molecule has 3 nitrogen and oxygen atoms in total. The zero-order valence-corrected chi connectivity index (χ0v) is 7.09. The van der Waals surface area contributed by atoms with Gasteiger partial charge >= 0.3 is 5.97 Å². The van der Waals surface area contributed by atoms with Crippen molar-refractivity contribution >= 4 is 5.97 Å². The highest BCUT2D eigenvalue weighted by atomic mass is 16.5. The molecule has 0 aromatic rings. The van der Waals surface area contributed by atoms with Crippen LogP contribution in [0.2, 0.25) is 0 Å². The van der Waals surface area contributed by atoms with Gasteiger partial charge in [0.2, 0.25) is 0 Å². The summed E-state index contributed by atoms with van der Waals surface area (Å²) in [6, 6.07) is 0. The zero-order chi connectivity index (χ0) is 8.91. The first kappa shape index (κ1) is 10.2. The zero-order valence-electron chi connectivity index (χ0n) is 7.09. The van der Waals surface area contributed by atoms with Crippen LogP contribution >= 0.6 is 0 Å². The van der Waals surface area contributed by atoms with Crippen molar-refractivity contribution in [3.63, 3.8) is 0 Å². The minimum absolute atomic E-state index is 0.375. The Morgan fingerprint density at radius 2 is 2.36 bits per heavy atom. The third-order valence-corrected chi connectivity index (χ3v) is 1.73. The molecule has 0 heterocycles. The summed E-state index contributed by atoms with van der Waals surface area (Å²) in [5.41, 5.74) is 4.84.